The standard InChI is InChI=1S/C12H13IN2O2/c1-12(10(16)14-11(17)15-12)6-5-8-3-2-4-9(13)7-8/h2-4,7H,5-6H2,1H3,(H2,14,15,16,17). The Hall–Kier alpha value is -1.11. The topological polar surface area (TPSA) is 58.2 Å². The van der Waals surface area contributed by atoms with Gasteiger partial charge in [-0.25, -0.2) is 4.79 Å². The molecule has 1 aromatic carbocycles. The summed E-state index contributed by atoms with van der Waals surface area (Å²) in [6.45, 7) is 1.75. The second-order valence-electron chi connectivity index (χ2n) is 4.37. The number of hydrogen-bond acceptors (Lipinski definition) is 2. The smallest absolute Gasteiger partial charge is 0.322 e. The molecule has 1 fully saturated rings. The lowest BCUT2D eigenvalue weighted by atomic mass is 9.93. The third-order valence-corrected chi connectivity index (χ3v) is 3.59. The van der Waals surface area contributed by atoms with E-state index < -0.39 is 11.6 Å². The number of halogens is 1. The number of nitrogens with one attached hydrogen (secondary N) is 2. The highest BCUT2D eigenvalue weighted by Crippen LogP contribution is 2.18. The molecule has 1 heterocycles. The predicted molar refractivity (Wildman–Crippen MR) is 72.6 cm³/mol. The van der Waals surface area contributed by atoms with E-state index in [0.29, 0.717) is 6.42 Å². The zero-order valence-corrected chi connectivity index (χ0v) is 11.6. The molecule has 1 aliphatic rings. The number of aryl methyl sites for hydroxylation is 1. The first-order valence-electron chi connectivity index (χ1n) is 5.38. The number of amides is 3. The van der Waals surface area contributed by atoms with Crippen molar-refractivity contribution < 1.29 is 9.59 Å². The molecule has 0 aliphatic carbocycles. The van der Waals surface area contributed by atoms with Gasteiger partial charge in [-0.3, -0.25) is 10.1 Å². The molecule has 2 N–H and O–H groups in total. The average Bonchev–Trinajstić information content (AvgIpc) is 2.51. The molecule has 0 spiro atoms. The minimum Gasteiger partial charge on any atom is -0.324 e. The van der Waals surface area contributed by atoms with Crippen molar-refractivity contribution in [2.45, 2.75) is 25.3 Å². The zero-order valence-electron chi connectivity index (χ0n) is 9.42. The molecule has 1 unspecified atom stereocenters. The molecular formula is C12H13IN2O2. The van der Waals surface area contributed by atoms with Crippen LogP contribution in [-0.4, -0.2) is 17.5 Å². The summed E-state index contributed by atoms with van der Waals surface area (Å²) in [5.74, 6) is -0.242. The van der Waals surface area contributed by atoms with Gasteiger partial charge in [0.2, 0.25) is 0 Å². The highest BCUT2D eigenvalue weighted by Gasteiger charge is 2.41. The molecule has 0 aromatic heterocycles. The Bertz CT molecular complexity index is 475. The molecule has 90 valence electrons. The lowest BCUT2D eigenvalue weighted by Gasteiger charge is -2.20. The quantitative estimate of drug-likeness (QED) is 0.649. The second-order valence-corrected chi connectivity index (χ2v) is 5.62. The summed E-state index contributed by atoms with van der Waals surface area (Å²) in [5.41, 5.74) is 0.394. The molecule has 5 heteroatoms. The van der Waals surface area contributed by atoms with Crippen molar-refractivity contribution in [1.29, 1.82) is 0 Å². The number of urea groups is 1. The van der Waals surface area contributed by atoms with Gasteiger partial charge in [-0.1, -0.05) is 12.1 Å². The highest BCUT2D eigenvalue weighted by molar-refractivity contribution is 14.1. The second kappa shape index (κ2) is 4.64. The van der Waals surface area contributed by atoms with E-state index in [9.17, 15) is 9.59 Å². The van der Waals surface area contributed by atoms with Gasteiger partial charge in [-0.15, -0.1) is 0 Å². The third-order valence-electron chi connectivity index (χ3n) is 2.92. The normalized spacial score (nSPS) is 23.4. The fourth-order valence-electron chi connectivity index (χ4n) is 1.84. The molecule has 17 heavy (non-hydrogen) atoms. The van der Waals surface area contributed by atoms with Gasteiger partial charge in [0.25, 0.3) is 5.91 Å². The van der Waals surface area contributed by atoms with Gasteiger partial charge in [-0.05, 0) is 60.1 Å². The van der Waals surface area contributed by atoms with E-state index in [4.69, 9.17) is 0 Å². The minimum atomic E-state index is -0.779. The Labute approximate surface area is 113 Å². The Balaban J connectivity index is 2.03. The molecule has 0 radical (unpaired) electrons. The predicted octanol–water partition coefficient (Wildman–Crippen LogP) is 1.82. The zero-order chi connectivity index (χ0) is 12.5. The van der Waals surface area contributed by atoms with Crippen LogP contribution in [0.2, 0.25) is 0 Å². The molecular weight excluding hydrogens is 331 g/mol. The fourth-order valence-corrected chi connectivity index (χ4v) is 2.45. The molecule has 4 nitrogen and oxygen atoms in total. The van der Waals surface area contributed by atoms with Crippen molar-refractivity contribution in [2.24, 2.45) is 0 Å². The number of rotatable bonds is 3. The van der Waals surface area contributed by atoms with Crippen LogP contribution in [0.1, 0.15) is 18.9 Å². The summed E-state index contributed by atoms with van der Waals surface area (Å²) < 4.78 is 1.17. The maximum atomic E-state index is 11.6. The van der Waals surface area contributed by atoms with Crippen LogP contribution in [0, 0.1) is 3.57 Å². The van der Waals surface area contributed by atoms with Crippen molar-refractivity contribution >= 4 is 34.5 Å². The highest BCUT2D eigenvalue weighted by atomic mass is 127. The van der Waals surface area contributed by atoms with Crippen molar-refractivity contribution in [2.75, 3.05) is 0 Å². The van der Waals surface area contributed by atoms with Crippen molar-refractivity contribution in [3.05, 3.63) is 33.4 Å². The van der Waals surface area contributed by atoms with E-state index in [1.54, 1.807) is 6.92 Å². The number of carbonyl (C=O) groups excluding carboxylic acids is 2. The largest absolute Gasteiger partial charge is 0.324 e. The van der Waals surface area contributed by atoms with Gasteiger partial charge in [0.05, 0.1) is 0 Å². The Morgan fingerprint density at radius 3 is 2.71 bits per heavy atom. The maximum absolute atomic E-state index is 11.6. The molecule has 2 rings (SSSR count). The lowest BCUT2D eigenvalue weighted by Crippen LogP contribution is -2.43. The van der Waals surface area contributed by atoms with Crippen LogP contribution in [0.3, 0.4) is 0 Å². The van der Waals surface area contributed by atoms with Crippen LogP contribution < -0.4 is 10.6 Å². The van der Waals surface area contributed by atoms with Crippen LogP contribution >= 0.6 is 22.6 Å². The summed E-state index contributed by atoms with van der Waals surface area (Å²) in [4.78, 5) is 22.7. The SMILES string of the molecule is CC1(CCc2cccc(I)c2)NC(=O)NC1=O. The Kier molecular flexibility index (Phi) is 3.37. The molecule has 1 aliphatic heterocycles. The van der Waals surface area contributed by atoms with Crippen LogP contribution in [-0.2, 0) is 11.2 Å². The van der Waals surface area contributed by atoms with Gasteiger partial charge in [0, 0.05) is 3.57 Å². The number of imide groups is 1. The van der Waals surface area contributed by atoms with E-state index in [1.807, 2.05) is 18.2 Å². The van der Waals surface area contributed by atoms with Crippen LogP contribution in [0.4, 0.5) is 4.79 Å². The summed E-state index contributed by atoms with van der Waals surface area (Å²) in [7, 11) is 0. The van der Waals surface area contributed by atoms with E-state index >= 15 is 0 Å². The number of benzene rings is 1. The van der Waals surface area contributed by atoms with Gasteiger partial charge in [0.1, 0.15) is 5.54 Å². The van der Waals surface area contributed by atoms with Crippen LogP contribution in [0.25, 0.3) is 0 Å². The lowest BCUT2D eigenvalue weighted by molar-refractivity contribution is -0.123. The maximum Gasteiger partial charge on any atom is 0.322 e. The van der Waals surface area contributed by atoms with Gasteiger partial charge in [0.15, 0.2) is 0 Å². The van der Waals surface area contributed by atoms with Crippen LogP contribution in [0.5, 0.6) is 0 Å². The fraction of sp³-hybridized carbons (Fsp3) is 0.333. The molecule has 0 saturated carbocycles. The summed E-state index contributed by atoms with van der Waals surface area (Å²) in [5, 5.41) is 4.93. The summed E-state index contributed by atoms with van der Waals surface area (Å²) >= 11 is 2.26. The first-order valence-corrected chi connectivity index (χ1v) is 6.45. The van der Waals surface area contributed by atoms with E-state index in [0.717, 1.165) is 6.42 Å². The molecule has 1 aromatic rings. The average molecular weight is 344 g/mol. The van der Waals surface area contributed by atoms with Gasteiger partial charge in [-0.2, -0.15) is 0 Å². The van der Waals surface area contributed by atoms with E-state index in [2.05, 4.69) is 39.3 Å². The third kappa shape index (κ3) is 2.77. The van der Waals surface area contributed by atoms with Crippen LogP contribution in [0.15, 0.2) is 24.3 Å². The Morgan fingerprint density at radius 1 is 1.35 bits per heavy atom. The first kappa shape index (κ1) is 12.3. The number of hydrogen-bond donors (Lipinski definition) is 2. The van der Waals surface area contributed by atoms with Gasteiger partial charge >= 0.3 is 6.03 Å². The minimum absolute atomic E-state index is 0.242. The molecule has 0 bridgehead atoms. The van der Waals surface area contributed by atoms with Crippen molar-refractivity contribution in [3.63, 3.8) is 0 Å². The monoisotopic (exact) mass is 344 g/mol. The number of carbonyl (C=O) groups is 2. The van der Waals surface area contributed by atoms with Crippen molar-refractivity contribution in [1.82, 2.24) is 10.6 Å². The van der Waals surface area contributed by atoms with E-state index in [-0.39, 0.29) is 5.91 Å². The Morgan fingerprint density at radius 2 is 2.12 bits per heavy atom. The first-order chi connectivity index (χ1) is 7.99. The van der Waals surface area contributed by atoms with Gasteiger partial charge < -0.3 is 5.32 Å². The molecule has 3 amide bonds. The van der Waals surface area contributed by atoms with Crippen molar-refractivity contribution in [3.8, 4) is 0 Å². The summed E-state index contributed by atoms with van der Waals surface area (Å²) in [6, 6.07) is 7.72. The molecule has 1 atom stereocenters. The van der Waals surface area contributed by atoms with E-state index in [1.165, 1.54) is 9.13 Å². The molecule has 1 saturated heterocycles. The summed E-state index contributed by atoms with van der Waals surface area (Å²) in [6.07, 6.45) is 1.37.